The summed E-state index contributed by atoms with van der Waals surface area (Å²) in [4.78, 5) is 0. The van der Waals surface area contributed by atoms with Gasteiger partial charge in [0.05, 0.1) is 12.6 Å². The Morgan fingerprint density at radius 2 is 2.25 bits per heavy atom. The van der Waals surface area contributed by atoms with E-state index in [1.165, 1.54) is 11.3 Å². The first-order valence-electron chi connectivity index (χ1n) is 5.80. The zero-order chi connectivity index (χ0) is 11.5. The fourth-order valence-electron chi connectivity index (χ4n) is 2.01. The first-order chi connectivity index (χ1) is 7.66. The fraction of sp³-hybridized carbons (Fsp3) is 0.538. The second kappa shape index (κ2) is 5.19. The predicted molar refractivity (Wildman–Crippen MR) is 71.1 cm³/mol. The lowest BCUT2D eigenvalue weighted by atomic mass is 10.0. The van der Waals surface area contributed by atoms with E-state index in [0.29, 0.717) is 12.0 Å². The van der Waals surface area contributed by atoms with Gasteiger partial charge < -0.3 is 10.1 Å². The molecule has 1 N–H and O–H groups in total. The topological polar surface area (TPSA) is 21.3 Å². The van der Waals surface area contributed by atoms with E-state index in [-0.39, 0.29) is 0 Å². The number of hydrogen-bond acceptors (Lipinski definition) is 2. The van der Waals surface area contributed by atoms with Crippen LogP contribution in [0.25, 0.3) is 0 Å². The van der Waals surface area contributed by atoms with Gasteiger partial charge in [0.2, 0.25) is 0 Å². The molecule has 1 atom stereocenters. The van der Waals surface area contributed by atoms with Gasteiger partial charge in [-0.1, -0.05) is 29.8 Å². The zero-order valence-corrected chi connectivity index (χ0v) is 11.4. The van der Waals surface area contributed by atoms with Crippen LogP contribution in [-0.4, -0.2) is 19.3 Å². The normalized spacial score (nSPS) is 20.4. The van der Waals surface area contributed by atoms with Crippen molar-refractivity contribution in [1.29, 1.82) is 0 Å². The van der Waals surface area contributed by atoms with Crippen LogP contribution in [0.5, 0.6) is 0 Å². The molecule has 2 rings (SSSR count). The molecule has 0 aromatic heterocycles. The Balaban J connectivity index is 2.18. The van der Waals surface area contributed by atoms with E-state index in [1.54, 1.807) is 0 Å². The Bertz CT molecular complexity index is 359. The van der Waals surface area contributed by atoms with E-state index in [2.05, 4.69) is 53.3 Å². The van der Waals surface area contributed by atoms with Gasteiger partial charge in [-0.25, -0.2) is 0 Å². The molecule has 0 saturated carbocycles. The van der Waals surface area contributed by atoms with Gasteiger partial charge in [-0.15, -0.1) is 0 Å². The summed E-state index contributed by atoms with van der Waals surface area (Å²) in [5, 5.41) is 3.57. The molecular formula is C13H18BrNO. The smallest absolute Gasteiger partial charge is 0.0668 e. The third-order valence-corrected chi connectivity index (χ3v) is 3.42. The maximum absolute atomic E-state index is 5.38. The third-order valence-electron chi connectivity index (χ3n) is 2.92. The van der Waals surface area contributed by atoms with Crippen molar-refractivity contribution >= 4 is 21.6 Å². The molecule has 3 heteroatoms. The third kappa shape index (κ3) is 2.77. The lowest BCUT2D eigenvalue weighted by Crippen LogP contribution is -2.20. The van der Waals surface area contributed by atoms with E-state index in [4.69, 9.17) is 4.74 Å². The van der Waals surface area contributed by atoms with Gasteiger partial charge in [0, 0.05) is 16.8 Å². The molecule has 88 valence electrons. The number of nitrogens with one attached hydrogen (secondary N) is 1. The maximum atomic E-state index is 5.38. The molecule has 16 heavy (non-hydrogen) atoms. The van der Waals surface area contributed by atoms with Crippen molar-refractivity contribution in [3.05, 3.63) is 28.2 Å². The number of ether oxygens (including phenoxy) is 1. The lowest BCUT2D eigenvalue weighted by Gasteiger charge is -2.18. The van der Waals surface area contributed by atoms with E-state index >= 15 is 0 Å². The van der Waals surface area contributed by atoms with Gasteiger partial charge in [-0.05, 0) is 36.1 Å². The first kappa shape index (κ1) is 11.9. The van der Waals surface area contributed by atoms with Gasteiger partial charge in [-0.2, -0.15) is 0 Å². The Labute approximate surface area is 106 Å². The minimum absolute atomic E-state index is 0.471. The summed E-state index contributed by atoms with van der Waals surface area (Å²) in [6.45, 7) is 6.15. The largest absolute Gasteiger partial charge is 0.380 e. The molecule has 1 heterocycles. The molecule has 0 aliphatic carbocycles. The van der Waals surface area contributed by atoms with Crippen LogP contribution in [0.4, 0.5) is 5.69 Å². The molecule has 1 saturated heterocycles. The maximum Gasteiger partial charge on any atom is 0.0668 e. The van der Waals surface area contributed by atoms with E-state index < -0.39 is 0 Å². The van der Waals surface area contributed by atoms with Gasteiger partial charge >= 0.3 is 0 Å². The van der Waals surface area contributed by atoms with Crippen molar-refractivity contribution in [2.24, 2.45) is 0 Å². The summed E-state index contributed by atoms with van der Waals surface area (Å²) in [6.07, 6.45) is 1.10. The number of halogens is 1. The summed E-state index contributed by atoms with van der Waals surface area (Å²) in [7, 11) is 0. The molecule has 0 bridgehead atoms. The average molecular weight is 284 g/mol. The number of anilines is 1. The highest BCUT2D eigenvalue weighted by Gasteiger charge is 2.17. The summed E-state index contributed by atoms with van der Waals surface area (Å²) >= 11 is 3.52. The quantitative estimate of drug-likeness (QED) is 0.912. The van der Waals surface area contributed by atoms with Crippen molar-refractivity contribution in [3.8, 4) is 0 Å². The summed E-state index contributed by atoms with van der Waals surface area (Å²) in [5.74, 6) is 0.530. The summed E-state index contributed by atoms with van der Waals surface area (Å²) < 4.78 is 6.52. The molecule has 1 aliphatic heterocycles. The number of rotatable bonds is 3. The van der Waals surface area contributed by atoms with Crippen LogP contribution in [0, 0.1) is 0 Å². The lowest BCUT2D eigenvalue weighted by molar-refractivity contribution is 0.195. The van der Waals surface area contributed by atoms with Crippen molar-refractivity contribution in [2.45, 2.75) is 32.2 Å². The van der Waals surface area contributed by atoms with Gasteiger partial charge in [-0.3, -0.25) is 0 Å². The molecule has 0 radical (unpaired) electrons. The molecule has 1 fully saturated rings. The van der Waals surface area contributed by atoms with Gasteiger partial charge in [0.15, 0.2) is 0 Å². The van der Waals surface area contributed by atoms with Crippen molar-refractivity contribution in [1.82, 2.24) is 0 Å². The van der Waals surface area contributed by atoms with Crippen LogP contribution < -0.4 is 5.32 Å². The molecule has 1 aromatic rings. The molecular weight excluding hydrogens is 266 g/mol. The highest BCUT2D eigenvalue weighted by molar-refractivity contribution is 9.10. The SMILES string of the molecule is CC(C)c1cc(Br)ccc1NC1CCOC1. The van der Waals surface area contributed by atoms with Crippen LogP contribution in [-0.2, 0) is 4.74 Å². The molecule has 1 aromatic carbocycles. The Hall–Kier alpha value is -0.540. The monoisotopic (exact) mass is 283 g/mol. The van der Waals surface area contributed by atoms with Crippen LogP contribution in [0.1, 0.15) is 31.7 Å². The van der Waals surface area contributed by atoms with Gasteiger partial charge in [0.25, 0.3) is 0 Å². The fourth-order valence-corrected chi connectivity index (χ4v) is 2.39. The molecule has 1 unspecified atom stereocenters. The Morgan fingerprint density at radius 3 is 2.88 bits per heavy atom. The summed E-state index contributed by atoms with van der Waals surface area (Å²) in [6, 6.07) is 6.91. The van der Waals surface area contributed by atoms with Crippen LogP contribution >= 0.6 is 15.9 Å². The van der Waals surface area contributed by atoms with E-state index in [1.807, 2.05) is 0 Å². The minimum Gasteiger partial charge on any atom is -0.380 e. The number of hydrogen-bond donors (Lipinski definition) is 1. The zero-order valence-electron chi connectivity index (χ0n) is 9.79. The minimum atomic E-state index is 0.471. The van der Waals surface area contributed by atoms with Crippen LogP contribution in [0.3, 0.4) is 0 Å². The molecule has 1 aliphatic rings. The van der Waals surface area contributed by atoms with Gasteiger partial charge in [0.1, 0.15) is 0 Å². The van der Waals surface area contributed by atoms with E-state index in [0.717, 1.165) is 24.1 Å². The second-order valence-corrected chi connectivity index (χ2v) is 5.51. The van der Waals surface area contributed by atoms with Crippen molar-refractivity contribution < 1.29 is 4.74 Å². The van der Waals surface area contributed by atoms with Crippen LogP contribution in [0.15, 0.2) is 22.7 Å². The highest BCUT2D eigenvalue weighted by atomic mass is 79.9. The Kier molecular flexibility index (Phi) is 3.87. The number of benzene rings is 1. The van der Waals surface area contributed by atoms with Crippen molar-refractivity contribution in [2.75, 3.05) is 18.5 Å². The standard InChI is InChI=1S/C13H18BrNO/c1-9(2)12-7-10(14)3-4-13(12)15-11-5-6-16-8-11/h3-4,7,9,11,15H,5-6,8H2,1-2H3. The van der Waals surface area contributed by atoms with Crippen LogP contribution in [0.2, 0.25) is 0 Å². The molecule has 0 spiro atoms. The second-order valence-electron chi connectivity index (χ2n) is 4.59. The highest BCUT2D eigenvalue weighted by Crippen LogP contribution is 2.28. The molecule has 0 amide bonds. The first-order valence-corrected chi connectivity index (χ1v) is 6.60. The predicted octanol–water partition coefficient (Wildman–Crippen LogP) is 3.77. The average Bonchev–Trinajstić information content (AvgIpc) is 2.73. The van der Waals surface area contributed by atoms with Crippen molar-refractivity contribution in [3.63, 3.8) is 0 Å². The summed E-state index contributed by atoms with van der Waals surface area (Å²) in [5.41, 5.74) is 2.61. The van der Waals surface area contributed by atoms with E-state index in [9.17, 15) is 0 Å². The molecule has 2 nitrogen and oxygen atoms in total. The Morgan fingerprint density at radius 1 is 1.44 bits per heavy atom.